The van der Waals surface area contributed by atoms with Crippen molar-refractivity contribution in [3.8, 4) is 11.4 Å². The van der Waals surface area contributed by atoms with Crippen LogP contribution in [0.3, 0.4) is 0 Å². The zero-order chi connectivity index (χ0) is 21.6. The van der Waals surface area contributed by atoms with E-state index in [9.17, 15) is 14.0 Å². The molecule has 10 heteroatoms. The smallest absolute Gasteiger partial charge is 0.255 e. The van der Waals surface area contributed by atoms with Gasteiger partial charge in [0.15, 0.2) is 0 Å². The molecule has 0 aliphatic heterocycles. The summed E-state index contributed by atoms with van der Waals surface area (Å²) in [6, 6.07) is 16.2. The number of thiophene rings is 1. The molecule has 2 amide bonds. The summed E-state index contributed by atoms with van der Waals surface area (Å²) in [5.41, 5.74) is 1.16. The van der Waals surface area contributed by atoms with Gasteiger partial charge in [-0.2, -0.15) is 4.80 Å². The first-order valence-corrected chi connectivity index (χ1v) is 10.2. The van der Waals surface area contributed by atoms with E-state index < -0.39 is 11.7 Å². The number of para-hydroxylation sites is 1. The molecule has 156 valence electrons. The SMILES string of the molecule is O=C(Cn1nnc(-c2ccccc2NC(=O)c2cccc(F)c2)n1)NCc1cccs1. The first-order valence-electron chi connectivity index (χ1n) is 9.32. The quantitative estimate of drug-likeness (QED) is 0.464. The van der Waals surface area contributed by atoms with Gasteiger partial charge in [0.2, 0.25) is 11.7 Å². The Balaban J connectivity index is 1.45. The summed E-state index contributed by atoms with van der Waals surface area (Å²) >= 11 is 1.56. The van der Waals surface area contributed by atoms with Crippen LogP contribution >= 0.6 is 11.3 Å². The lowest BCUT2D eigenvalue weighted by Gasteiger charge is -2.08. The average molecular weight is 436 g/mol. The second-order valence-electron chi connectivity index (χ2n) is 6.51. The highest BCUT2D eigenvalue weighted by Crippen LogP contribution is 2.25. The van der Waals surface area contributed by atoms with E-state index in [1.54, 1.807) is 35.6 Å². The van der Waals surface area contributed by atoms with Gasteiger partial charge in [-0.1, -0.05) is 24.3 Å². The maximum Gasteiger partial charge on any atom is 0.255 e. The molecule has 0 radical (unpaired) electrons. The molecular formula is C21H17FN6O2S. The standard InChI is InChI=1S/C21H17FN6O2S/c22-15-6-3-5-14(11-15)21(30)24-18-9-2-1-8-17(18)20-25-27-28(26-20)13-19(29)23-12-16-7-4-10-31-16/h1-11H,12-13H2,(H,23,29)(H,24,30). The number of rotatable bonds is 7. The maximum atomic E-state index is 13.4. The van der Waals surface area contributed by atoms with E-state index in [-0.39, 0.29) is 23.8 Å². The third kappa shape index (κ3) is 5.17. The maximum absolute atomic E-state index is 13.4. The molecule has 0 unspecified atom stereocenters. The number of carbonyl (C=O) groups is 2. The van der Waals surface area contributed by atoms with Gasteiger partial charge in [-0.15, -0.1) is 21.5 Å². The number of amides is 2. The minimum atomic E-state index is -0.497. The van der Waals surface area contributed by atoms with Crippen molar-refractivity contribution in [1.82, 2.24) is 25.5 Å². The van der Waals surface area contributed by atoms with Crippen molar-refractivity contribution < 1.29 is 14.0 Å². The van der Waals surface area contributed by atoms with Gasteiger partial charge < -0.3 is 10.6 Å². The Morgan fingerprint density at radius 2 is 1.94 bits per heavy atom. The first kappa shape index (κ1) is 20.4. The highest BCUT2D eigenvalue weighted by atomic mass is 32.1. The Morgan fingerprint density at radius 3 is 2.74 bits per heavy atom. The van der Waals surface area contributed by atoms with Crippen LogP contribution in [0.5, 0.6) is 0 Å². The zero-order valence-electron chi connectivity index (χ0n) is 16.2. The van der Waals surface area contributed by atoms with Crippen LogP contribution in [-0.2, 0) is 17.9 Å². The molecule has 0 saturated carbocycles. The molecule has 2 aromatic carbocycles. The van der Waals surface area contributed by atoms with Crippen LogP contribution in [-0.4, -0.2) is 32.0 Å². The second-order valence-corrected chi connectivity index (χ2v) is 7.54. The van der Waals surface area contributed by atoms with Crippen LogP contribution < -0.4 is 10.6 Å². The van der Waals surface area contributed by atoms with Crippen LogP contribution in [0, 0.1) is 5.82 Å². The van der Waals surface area contributed by atoms with Crippen molar-refractivity contribution in [2.24, 2.45) is 0 Å². The summed E-state index contributed by atoms with van der Waals surface area (Å²) in [6.07, 6.45) is 0. The molecule has 31 heavy (non-hydrogen) atoms. The number of aromatic nitrogens is 4. The van der Waals surface area contributed by atoms with E-state index in [1.807, 2.05) is 17.5 Å². The molecule has 0 bridgehead atoms. The topological polar surface area (TPSA) is 102 Å². The molecule has 0 saturated heterocycles. The van der Waals surface area contributed by atoms with Crippen molar-refractivity contribution in [3.63, 3.8) is 0 Å². The Morgan fingerprint density at radius 1 is 1.06 bits per heavy atom. The highest BCUT2D eigenvalue weighted by molar-refractivity contribution is 7.09. The molecule has 0 aliphatic rings. The number of anilines is 1. The molecule has 2 N–H and O–H groups in total. The number of carbonyl (C=O) groups excluding carboxylic acids is 2. The van der Waals surface area contributed by atoms with Gasteiger partial charge >= 0.3 is 0 Å². The fourth-order valence-electron chi connectivity index (χ4n) is 2.81. The monoisotopic (exact) mass is 436 g/mol. The third-order valence-corrected chi connectivity index (χ3v) is 5.16. The molecule has 8 nitrogen and oxygen atoms in total. The van der Waals surface area contributed by atoms with Crippen LogP contribution in [0.2, 0.25) is 0 Å². The molecule has 4 aromatic rings. The normalized spacial score (nSPS) is 10.6. The van der Waals surface area contributed by atoms with Crippen molar-refractivity contribution in [1.29, 1.82) is 0 Å². The van der Waals surface area contributed by atoms with Gasteiger partial charge in [0.25, 0.3) is 5.91 Å². The van der Waals surface area contributed by atoms with Crippen molar-refractivity contribution in [2.45, 2.75) is 13.1 Å². The van der Waals surface area contributed by atoms with E-state index in [0.717, 1.165) is 10.9 Å². The summed E-state index contributed by atoms with van der Waals surface area (Å²) < 4.78 is 13.4. The second kappa shape index (κ2) is 9.26. The van der Waals surface area contributed by atoms with Crippen LogP contribution in [0.4, 0.5) is 10.1 Å². The minimum Gasteiger partial charge on any atom is -0.350 e. The molecule has 0 fully saturated rings. The van der Waals surface area contributed by atoms with Crippen molar-refractivity contribution in [2.75, 3.05) is 5.32 Å². The number of nitrogens with zero attached hydrogens (tertiary/aromatic N) is 4. The third-order valence-electron chi connectivity index (χ3n) is 4.28. The zero-order valence-corrected chi connectivity index (χ0v) is 17.0. The molecule has 0 aliphatic carbocycles. The summed E-state index contributed by atoms with van der Waals surface area (Å²) in [5, 5.41) is 19.6. The fraction of sp³-hybridized carbons (Fsp3) is 0.0952. The van der Waals surface area contributed by atoms with Crippen molar-refractivity contribution >= 4 is 28.8 Å². The van der Waals surface area contributed by atoms with Crippen LogP contribution in [0.25, 0.3) is 11.4 Å². The molecular weight excluding hydrogens is 419 g/mol. The van der Waals surface area contributed by atoms with Gasteiger partial charge in [0.05, 0.1) is 12.2 Å². The van der Waals surface area contributed by atoms with Crippen LogP contribution in [0.15, 0.2) is 66.0 Å². The lowest BCUT2D eigenvalue weighted by molar-refractivity contribution is -0.122. The predicted molar refractivity (Wildman–Crippen MR) is 114 cm³/mol. The molecule has 2 heterocycles. The molecule has 2 aromatic heterocycles. The van der Waals surface area contributed by atoms with E-state index >= 15 is 0 Å². The average Bonchev–Trinajstić information content (AvgIpc) is 3.45. The van der Waals surface area contributed by atoms with Crippen molar-refractivity contribution in [3.05, 3.63) is 82.3 Å². The number of nitrogens with one attached hydrogen (secondary N) is 2. The van der Waals surface area contributed by atoms with E-state index in [0.29, 0.717) is 17.8 Å². The number of benzene rings is 2. The lowest BCUT2D eigenvalue weighted by Crippen LogP contribution is -2.27. The van der Waals surface area contributed by atoms with Gasteiger partial charge in [-0.05, 0) is 47.0 Å². The lowest BCUT2D eigenvalue weighted by atomic mass is 10.1. The molecule has 0 atom stereocenters. The Kier molecular flexibility index (Phi) is 6.08. The summed E-state index contributed by atoms with van der Waals surface area (Å²) in [4.78, 5) is 26.8. The first-order chi connectivity index (χ1) is 15.1. The van der Waals surface area contributed by atoms with Gasteiger partial charge in [-0.3, -0.25) is 9.59 Å². The Labute approximate surface area is 180 Å². The summed E-state index contributed by atoms with van der Waals surface area (Å²) in [6.45, 7) is 0.350. The van der Waals surface area contributed by atoms with Gasteiger partial charge in [-0.25, -0.2) is 4.39 Å². The van der Waals surface area contributed by atoms with E-state index in [2.05, 4.69) is 26.0 Å². The molecule has 0 spiro atoms. The number of halogens is 1. The number of hydrogen-bond acceptors (Lipinski definition) is 6. The van der Waals surface area contributed by atoms with E-state index in [4.69, 9.17) is 0 Å². The minimum absolute atomic E-state index is 0.0871. The highest BCUT2D eigenvalue weighted by Gasteiger charge is 2.15. The predicted octanol–water partition coefficient (Wildman–Crippen LogP) is 3.11. The molecule has 4 rings (SSSR count). The van der Waals surface area contributed by atoms with E-state index in [1.165, 1.54) is 23.0 Å². The van der Waals surface area contributed by atoms with Gasteiger partial charge in [0.1, 0.15) is 12.4 Å². The number of hydrogen-bond donors (Lipinski definition) is 2. The summed E-state index contributed by atoms with van der Waals surface area (Å²) in [5.74, 6) is -0.957. The van der Waals surface area contributed by atoms with Gasteiger partial charge in [0, 0.05) is 16.0 Å². The Bertz CT molecular complexity index is 1210. The fourth-order valence-corrected chi connectivity index (χ4v) is 3.46. The Hall–Kier alpha value is -3.92. The number of tetrazole rings is 1. The summed E-state index contributed by atoms with van der Waals surface area (Å²) in [7, 11) is 0. The van der Waals surface area contributed by atoms with Crippen LogP contribution in [0.1, 0.15) is 15.2 Å². The largest absolute Gasteiger partial charge is 0.350 e.